The van der Waals surface area contributed by atoms with Crippen molar-refractivity contribution in [2.24, 2.45) is 0 Å². The Kier molecular flexibility index (Phi) is 7.72. The molecule has 0 radical (unpaired) electrons. The number of halogens is 2. The van der Waals surface area contributed by atoms with Crippen molar-refractivity contribution < 1.29 is 28.5 Å². The third-order valence-electron chi connectivity index (χ3n) is 9.58. The molecule has 0 bridgehead atoms. The number of carboxylic acids is 1. The molecule has 1 N–H and O–H groups in total. The zero-order valence-corrected chi connectivity index (χ0v) is 25.4. The van der Waals surface area contributed by atoms with Crippen molar-refractivity contribution in [1.29, 1.82) is 0 Å². The highest BCUT2D eigenvalue weighted by Crippen LogP contribution is 2.45. The Bertz CT molecular complexity index is 1710. The maximum Gasteiger partial charge on any atom is 0.335 e. The second kappa shape index (κ2) is 11.7. The highest BCUT2D eigenvalue weighted by Gasteiger charge is 2.39. The highest BCUT2D eigenvalue weighted by atomic mass is 35.5. The minimum atomic E-state index is -0.949. The molecule has 1 saturated heterocycles. The van der Waals surface area contributed by atoms with Crippen LogP contribution in [0, 0.1) is 5.82 Å². The summed E-state index contributed by atoms with van der Waals surface area (Å²) in [5, 5.41) is 9.97. The average molecular weight is 620 g/mol. The van der Waals surface area contributed by atoms with Crippen LogP contribution in [0.5, 0.6) is 11.5 Å². The standard InChI is InChI=1S/C34H35ClFN3O5/c1-42-34(12-3-13-34)20-39-28-16-22(33(40)41)6-9-27(28)37-31(39)18-38-14-10-21(11-15-38)24-4-2-5-29-32(24)44-30(19-43-29)25-8-7-23(35)17-26(25)36/h2,4-9,16-17,21,30H,3,10-15,18-20H2,1H3,(H,40,41). The van der Waals surface area contributed by atoms with E-state index in [9.17, 15) is 14.3 Å². The van der Waals surface area contributed by atoms with Gasteiger partial charge in [0.05, 0.1) is 35.3 Å². The fourth-order valence-electron chi connectivity index (χ4n) is 6.84. The van der Waals surface area contributed by atoms with Crippen molar-refractivity contribution in [3.05, 3.63) is 88.0 Å². The van der Waals surface area contributed by atoms with Gasteiger partial charge in [0.1, 0.15) is 18.2 Å². The van der Waals surface area contributed by atoms with Crippen LogP contribution in [0.25, 0.3) is 11.0 Å². The Hall–Kier alpha value is -3.66. The molecule has 230 valence electrons. The third kappa shape index (κ3) is 5.42. The van der Waals surface area contributed by atoms with Crippen molar-refractivity contribution in [2.45, 2.75) is 62.8 Å². The van der Waals surface area contributed by atoms with Crippen LogP contribution in [0.15, 0.2) is 54.6 Å². The van der Waals surface area contributed by atoms with Gasteiger partial charge < -0.3 is 23.9 Å². The monoisotopic (exact) mass is 619 g/mol. The molecule has 1 aliphatic carbocycles. The fourth-order valence-corrected chi connectivity index (χ4v) is 7.00. The lowest BCUT2D eigenvalue weighted by molar-refractivity contribution is -0.0834. The number of likely N-dealkylation sites (tertiary alicyclic amines) is 1. The van der Waals surface area contributed by atoms with Crippen molar-refractivity contribution in [2.75, 3.05) is 26.8 Å². The van der Waals surface area contributed by atoms with E-state index in [0.29, 0.717) is 35.2 Å². The van der Waals surface area contributed by atoms with Crippen LogP contribution in [0.3, 0.4) is 0 Å². The lowest BCUT2D eigenvalue weighted by atomic mass is 9.80. The molecular formula is C34H35ClFN3O5. The maximum atomic E-state index is 14.7. The number of benzene rings is 3. The summed E-state index contributed by atoms with van der Waals surface area (Å²) in [5.74, 6) is 1.22. The number of carbonyl (C=O) groups is 1. The van der Waals surface area contributed by atoms with E-state index in [1.807, 2.05) is 12.1 Å². The number of nitrogens with zero attached hydrogens (tertiary/aromatic N) is 3. The molecule has 1 saturated carbocycles. The maximum absolute atomic E-state index is 14.7. The van der Waals surface area contributed by atoms with Gasteiger partial charge in [-0.15, -0.1) is 0 Å². The predicted octanol–water partition coefficient (Wildman–Crippen LogP) is 6.99. The van der Waals surface area contributed by atoms with E-state index in [4.69, 9.17) is 30.8 Å². The Morgan fingerprint density at radius 2 is 1.95 bits per heavy atom. The number of fused-ring (bicyclic) bond motifs is 2. The summed E-state index contributed by atoms with van der Waals surface area (Å²) in [6, 6.07) is 15.8. The van der Waals surface area contributed by atoms with Gasteiger partial charge in [-0.05, 0) is 87.5 Å². The smallest absolute Gasteiger partial charge is 0.335 e. The molecule has 7 rings (SSSR count). The largest absolute Gasteiger partial charge is 0.485 e. The second-order valence-corrected chi connectivity index (χ2v) is 12.6. The summed E-state index contributed by atoms with van der Waals surface area (Å²) in [4.78, 5) is 19.1. The Morgan fingerprint density at radius 1 is 1.14 bits per heavy atom. The van der Waals surface area contributed by atoms with Crippen molar-refractivity contribution in [3.8, 4) is 11.5 Å². The lowest BCUT2D eigenvalue weighted by Crippen LogP contribution is -2.44. The molecule has 1 atom stereocenters. The topological polar surface area (TPSA) is 86.0 Å². The lowest BCUT2D eigenvalue weighted by Gasteiger charge is -2.41. The van der Waals surface area contributed by atoms with E-state index in [2.05, 4.69) is 15.5 Å². The van der Waals surface area contributed by atoms with Crippen molar-refractivity contribution >= 4 is 28.6 Å². The first-order valence-corrected chi connectivity index (χ1v) is 15.6. The van der Waals surface area contributed by atoms with E-state index in [0.717, 1.165) is 67.6 Å². The summed E-state index contributed by atoms with van der Waals surface area (Å²) in [6.07, 6.45) is 4.37. The van der Waals surface area contributed by atoms with E-state index >= 15 is 0 Å². The number of piperidine rings is 1. The average Bonchev–Trinajstić information content (AvgIpc) is 3.34. The highest BCUT2D eigenvalue weighted by molar-refractivity contribution is 6.30. The van der Waals surface area contributed by atoms with Gasteiger partial charge in [0, 0.05) is 23.3 Å². The number of aromatic nitrogens is 2. The number of imidazole rings is 1. The van der Waals surface area contributed by atoms with Crippen LogP contribution < -0.4 is 9.47 Å². The van der Waals surface area contributed by atoms with Gasteiger partial charge in [-0.3, -0.25) is 4.90 Å². The summed E-state index contributed by atoms with van der Waals surface area (Å²) in [7, 11) is 1.76. The van der Waals surface area contributed by atoms with Gasteiger partial charge >= 0.3 is 5.97 Å². The number of ether oxygens (including phenoxy) is 3. The normalized spacial score (nSPS) is 20.0. The molecule has 10 heteroatoms. The number of carboxylic acid groups (broad SMARTS) is 1. The Labute approximate surface area is 260 Å². The minimum Gasteiger partial charge on any atom is -0.485 e. The van der Waals surface area contributed by atoms with Crippen LogP contribution in [-0.4, -0.2) is 57.9 Å². The summed E-state index contributed by atoms with van der Waals surface area (Å²) in [6.45, 7) is 3.27. The van der Waals surface area contributed by atoms with E-state index in [1.54, 1.807) is 37.4 Å². The Morgan fingerprint density at radius 3 is 2.66 bits per heavy atom. The van der Waals surface area contributed by atoms with Crippen LogP contribution in [0.2, 0.25) is 5.02 Å². The number of rotatable bonds is 8. The number of methoxy groups -OCH3 is 1. The van der Waals surface area contributed by atoms with Gasteiger partial charge in [-0.2, -0.15) is 0 Å². The fraction of sp³-hybridized carbons (Fsp3) is 0.412. The molecule has 1 aromatic heterocycles. The summed E-state index contributed by atoms with van der Waals surface area (Å²) in [5.41, 5.74) is 3.16. The molecule has 0 amide bonds. The van der Waals surface area contributed by atoms with Crippen LogP contribution in [0.4, 0.5) is 4.39 Å². The summed E-state index contributed by atoms with van der Waals surface area (Å²) >= 11 is 5.97. The van der Waals surface area contributed by atoms with Gasteiger partial charge in [-0.25, -0.2) is 14.2 Å². The molecule has 2 fully saturated rings. The zero-order valence-electron chi connectivity index (χ0n) is 24.6. The van der Waals surface area contributed by atoms with Crippen LogP contribution in [0.1, 0.15) is 71.4 Å². The molecule has 44 heavy (non-hydrogen) atoms. The zero-order chi connectivity index (χ0) is 30.4. The minimum absolute atomic E-state index is 0.229. The number of para-hydroxylation sites is 1. The van der Waals surface area contributed by atoms with Crippen LogP contribution >= 0.6 is 11.6 Å². The molecule has 1 unspecified atom stereocenters. The molecule has 3 heterocycles. The first-order chi connectivity index (χ1) is 21.3. The molecule has 3 aromatic carbocycles. The first kappa shape index (κ1) is 29.1. The van der Waals surface area contributed by atoms with Gasteiger partial charge in [-0.1, -0.05) is 29.8 Å². The Balaban J connectivity index is 1.09. The second-order valence-electron chi connectivity index (χ2n) is 12.2. The number of hydrogen-bond donors (Lipinski definition) is 1. The van der Waals surface area contributed by atoms with Gasteiger partial charge in [0.15, 0.2) is 17.6 Å². The predicted molar refractivity (Wildman–Crippen MR) is 164 cm³/mol. The summed E-state index contributed by atoms with van der Waals surface area (Å²) < 4.78 is 35.3. The van der Waals surface area contributed by atoms with Gasteiger partial charge in [0.25, 0.3) is 0 Å². The molecule has 8 nitrogen and oxygen atoms in total. The van der Waals surface area contributed by atoms with Crippen LogP contribution in [-0.2, 0) is 17.8 Å². The van der Waals surface area contributed by atoms with Crippen molar-refractivity contribution in [3.63, 3.8) is 0 Å². The first-order valence-electron chi connectivity index (χ1n) is 15.2. The number of hydrogen-bond acceptors (Lipinski definition) is 6. The quantitative estimate of drug-likeness (QED) is 0.228. The van der Waals surface area contributed by atoms with Crippen molar-refractivity contribution in [1.82, 2.24) is 14.5 Å². The molecule has 3 aliphatic rings. The third-order valence-corrected chi connectivity index (χ3v) is 9.81. The van der Waals surface area contributed by atoms with Gasteiger partial charge in [0.2, 0.25) is 0 Å². The SMILES string of the molecule is COC1(Cn2c(CN3CCC(c4cccc5c4OC(c4ccc(Cl)cc4F)CO5)CC3)nc3ccc(C(=O)O)cc32)CCC1. The molecule has 0 spiro atoms. The molecular weight excluding hydrogens is 585 g/mol. The van der Waals surface area contributed by atoms with E-state index in [1.165, 1.54) is 6.07 Å². The number of aromatic carboxylic acids is 1. The molecule has 4 aromatic rings. The van der Waals surface area contributed by atoms with E-state index < -0.39 is 17.9 Å². The van der Waals surface area contributed by atoms with E-state index in [-0.39, 0.29) is 23.7 Å². The molecule has 2 aliphatic heterocycles.